The van der Waals surface area contributed by atoms with Crippen LogP contribution in [-0.2, 0) is 0 Å². The first-order chi connectivity index (χ1) is 5.95. The summed E-state index contributed by atoms with van der Waals surface area (Å²) in [6, 6.07) is 0.857. The van der Waals surface area contributed by atoms with Crippen LogP contribution < -0.4 is 0 Å². The van der Waals surface area contributed by atoms with Gasteiger partial charge in [-0.1, -0.05) is 11.6 Å². The van der Waals surface area contributed by atoms with Crippen LogP contribution in [0, 0.1) is 18.6 Å². The topological polar surface area (TPSA) is 17.1 Å². The molecule has 0 atom stereocenters. The molecule has 0 saturated heterocycles. The summed E-state index contributed by atoms with van der Waals surface area (Å²) < 4.78 is 25.9. The Labute approximate surface area is 83.3 Å². The van der Waals surface area contributed by atoms with E-state index >= 15 is 0 Å². The van der Waals surface area contributed by atoms with Gasteiger partial charge in [0, 0.05) is 5.56 Å². The third kappa shape index (κ3) is 1.81. The van der Waals surface area contributed by atoms with Crippen LogP contribution in [0.15, 0.2) is 6.07 Å². The molecule has 0 unspecified atom stereocenters. The van der Waals surface area contributed by atoms with Crippen LogP contribution in [0.3, 0.4) is 0 Å². The summed E-state index contributed by atoms with van der Waals surface area (Å²) in [7, 11) is 0. The SMILES string of the molecule is Cc1c(F)cc(Cl)c(C(=O)Cl)c1F. The molecule has 5 heteroatoms. The van der Waals surface area contributed by atoms with Gasteiger partial charge in [-0.2, -0.15) is 0 Å². The molecule has 0 aliphatic rings. The second-order valence-corrected chi connectivity index (χ2v) is 3.18. The van der Waals surface area contributed by atoms with E-state index in [1.54, 1.807) is 0 Å². The van der Waals surface area contributed by atoms with E-state index in [-0.39, 0.29) is 10.6 Å². The first-order valence-corrected chi connectivity index (χ1v) is 4.04. The standard InChI is InChI=1S/C8H4Cl2F2O/c1-3-5(11)2-4(9)6(7(3)12)8(10)13/h2H,1H3. The van der Waals surface area contributed by atoms with E-state index in [0.29, 0.717) is 0 Å². The predicted molar refractivity (Wildman–Crippen MR) is 46.3 cm³/mol. The van der Waals surface area contributed by atoms with Crippen molar-refractivity contribution in [2.75, 3.05) is 0 Å². The minimum absolute atomic E-state index is 0.270. The smallest absolute Gasteiger partial charge is 0.256 e. The van der Waals surface area contributed by atoms with Gasteiger partial charge >= 0.3 is 0 Å². The third-order valence-electron chi connectivity index (χ3n) is 1.60. The Balaban J connectivity index is 3.53. The maximum Gasteiger partial charge on any atom is 0.256 e. The Hall–Kier alpha value is -0.670. The lowest BCUT2D eigenvalue weighted by atomic mass is 10.1. The minimum Gasteiger partial charge on any atom is -0.275 e. The summed E-state index contributed by atoms with van der Waals surface area (Å²) in [4.78, 5) is 10.7. The lowest BCUT2D eigenvalue weighted by molar-refractivity contribution is 0.107. The fourth-order valence-corrected chi connectivity index (χ4v) is 1.37. The van der Waals surface area contributed by atoms with Crippen LogP contribution in [0.4, 0.5) is 8.78 Å². The van der Waals surface area contributed by atoms with Crippen molar-refractivity contribution in [3.8, 4) is 0 Å². The molecule has 13 heavy (non-hydrogen) atoms. The highest BCUT2D eigenvalue weighted by Crippen LogP contribution is 2.25. The van der Waals surface area contributed by atoms with Crippen LogP contribution >= 0.6 is 23.2 Å². The van der Waals surface area contributed by atoms with E-state index < -0.39 is 22.4 Å². The van der Waals surface area contributed by atoms with Gasteiger partial charge in [0.2, 0.25) is 0 Å². The molecule has 0 N–H and O–H groups in total. The summed E-state index contributed by atoms with van der Waals surface area (Å²) in [5.74, 6) is -1.81. The summed E-state index contributed by atoms with van der Waals surface area (Å²) in [5, 5.41) is -1.36. The molecule has 0 aliphatic carbocycles. The highest BCUT2D eigenvalue weighted by Gasteiger charge is 2.18. The normalized spacial score (nSPS) is 10.2. The van der Waals surface area contributed by atoms with E-state index in [1.807, 2.05) is 0 Å². The first kappa shape index (κ1) is 10.4. The van der Waals surface area contributed by atoms with Crippen molar-refractivity contribution in [3.63, 3.8) is 0 Å². The van der Waals surface area contributed by atoms with Crippen molar-refractivity contribution in [2.45, 2.75) is 6.92 Å². The number of benzene rings is 1. The molecule has 0 bridgehead atoms. The summed E-state index contributed by atoms with van der Waals surface area (Å²) in [5.41, 5.74) is -0.754. The molecular weight excluding hydrogens is 221 g/mol. The van der Waals surface area contributed by atoms with Gasteiger partial charge < -0.3 is 0 Å². The molecule has 0 saturated carbocycles. The van der Waals surface area contributed by atoms with Gasteiger partial charge in [0.25, 0.3) is 5.24 Å². The fraction of sp³-hybridized carbons (Fsp3) is 0.125. The van der Waals surface area contributed by atoms with E-state index in [0.717, 1.165) is 6.07 Å². The van der Waals surface area contributed by atoms with E-state index in [1.165, 1.54) is 6.92 Å². The Kier molecular flexibility index (Phi) is 2.88. The van der Waals surface area contributed by atoms with Crippen LogP contribution in [0.25, 0.3) is 0 Å². The van der Waals surface area contributed by atoms with Crippen molar-refractivity contribution in [3.05, 3.63) is 33.9 Å². The number of rotatable bonds is 1. The Bertz CT molecular complexity index is 377. The zero-order valence-electron chi connectivity index (χ0n) is 6.50. The summed E-state index contributed by atoms with van der Waals surface area (Å²) in [6.07, 6.45) is 0. The average molecular weight is 225 g/mol. The molecule has 70 valence electrons. The molecule has 0 radical (unpaired) electrons. The Morgan fingerprint density at radius 1 is 1.46 bits per heavy atom. The molecule has 0 heterocycles. The van der Waals surface area contributed by atoms with Crippen molar-refractivity contribution in [2.24, 2.45) is 0 Å². The number of hydrogen-bond acceptors (Lipinski definition) is 1. The quantitative estimate of drug-likeness (QED) is 0.670. The largest absolute Gasteiger partial charge is 0.275 e. The second-order valence-electron chi connectivity index (χ2n) is 2.43. The molecule has 0 fully saturated rings. The molecular formula is C8H4Cl2F2O. The molecule has 1 nitrogen and oxygen atoms in total. The van der Waals surface area contributed by atoms with Crippen molar-refractivity contribution in [1.29, 1.82) is 0 Å². The van der Waals surface area contributed by atoms with Gasteiger partial charge in [0.1, 0.15) is 11.6 Å². The zero-order valence-corrected chi connectivity index (χ0v) is 8.01. The van der Waals surface area contributed by atoms with Crippen molar-refractivity contribution in [1.82, 2.24) is 0 Å². The lowest BCUT2D eigenvalue weighted by Crippen LogP contribution is -2.01. The van der Waals surface area contributed by atoms with Gasteiger partial charge in [0.05, 0.1) is 10.6 Å². The predicted octanol–water partition coefficient (Wildman–Crippen LogP) is 3.31. The van der Waals surface area contributed by atoms with Crippen molar-refractivity contribution < 1.29 is 13.6 Å². The molecule has 0 aliphatic heterocycles. The second kappa shape index (κ2) is 3.60. The zero-order chi connectivity index (χ0) is 10.2. The first-order valence-electron chi connectivity index (χ1n) is 3.29. The van der Waals surface area contributed by atoms with Crippen molar-refractivity contribution >= 4 is 28.4 Å². The summed E-state index contributed by atoms with van der Waals surface area (Å²) in [6.45, 7) is 1.20. The van der Waals surface area contributed by atoms with Crippen LogP contribution in [0.1, 0.15) is 15.9 Å². The molecule has 1 aromatic rings. The van der Waals surface area contributed by atoms with E-state index in [4.69, 9.17) is 23.2 Å². The molecule has 1 aromatic carbocycles. The van der Waals surface area contributed by atoms with Crippen LogP contribution in [-0.4, -0.2) is 5.24 Å². The van der Waals surface area contributed by atoms with Gasteiger partial charge in [0.15, 0.2) is 0 Å². The molecule has 0 amide bonds. The molecule has 0 aromatic heterocycles. The van der Waals surface area contributed by atoms with E-state index in [9.17, 15) is 13.6 Å². The van der Waals surface area contributed by atoms with Crippen LogP contribution in [0.5, 0.6) is 0 Å². The Morgan fingerprint density at radius 2 is 2.00 bits per heavy atom. The third-order valence-corrected chi connectivity index (χ3v) is 2.08. The van der Waals surface area contributed by atoms with Gasteiger partial charge in [-0.3, -0.25) is 4.79 Å². The number of carbonyl (C=O) groups excluding carboxylic acids is 1. The fourth-order valence-electron chi connectivity index (χ4n) is 0.869. The highest BCUT2D eigenvalue weighted by molar-refractivity contribution is 6.68. The van der Waals surface area contributed by atoms with Crippen LogP contribution in [0.2, 0.25) is 5.02 Å². The molecule has 0 spiro atoms. The van der Waals surface area contributed by atoms with Gasteiger partial charge in [-0.15, -0.1) is 0 Å². The monoisotopic (exact) mass is 224 g/mol. The molecule has 1 rings (SSSR count). The minimum atomic E-state index is -1.04. The number of carbonyl (C=O) groups is 1. The maximum atomic E-state index is 13.1. The van der Waals surface area contributed by atoms with Gasteiger partial charge in [-0.25, -0.2) is 8.78 Å². The Morgan fingerprint density at radius 3 is 2.46 bits per heavy atom. The lowest BCUT2D eigenvalue weighted by Gasteiger charge is -2.04. The number of hydrogen-bond donors (Lipinski definition) is 0. The maximum absolute atomic E-state index is 13.1. The number of halogens is 4. The average Bonchev–Trinajstić information content (AvgIpc) is 1.99. The summed E-state index contributed by atoms with van der Waals surface area (Å²) >= 11 is 10.5. The van der Waals surface area contributed by atoms with Gasteiger partial charge in [-0.05, 0) is 24.6 Å². The highest BCUT2D eigenvalue weighted by atomic mass is 35.5. The van der Waals surface area contributed by atoms with E-state index in [2.05, 4.69) is 0 Å².